The molecule has 0 spiro atoms. The number of carbonyl (C=O) groups excluding carboxylic acids is 2. The highest BCUT2D eigenvalue weighted by Crippen LogP contribution is 2.28. The summed E-state index contributed by atoms with van der Waals surface area (Å²) in [5.74, 6) is 0.290. The van der Waals surface area contributed by atoms with E-state index in [1.54, 1.807) is 4.90 Å². The van der Waals surface area contributed by atoms with E-state index >= 15 is 0 Å². The number of carbonyl (C=O) groups is 2. The predicted octanol–water partition coefficient (Wildman–Crippen LogP) is 0.715. The number of aromatic hydroxyl groups is 1. The summed E-state index contributed by atoms with van der Waals surface area (Å²) in [6, 6.07) is 4.59. The number of piperidine rings is 2. The van der Waals surface area contributed by atoms with E-state index in [0.29, 0.717) is 36.7 Å². The van der Waals surface area contributed by atoms with Crippen molar-refractivity contribution in [1.82, 2.24) is 10.2 Å². The van der Waals surface area contributed by atoms with Gasteiger partial charge in [-0.05, 0) is 37.0 Å². The summed E-state index contributed by atoms with van der Waals surface area (Å²) in [6.07, 6.45) is 2.11. The van der Waals surface area contributed by atoms with E-state index in [0.717, 1.165) is 12.8 Å². The fourth-order valence-corrected chi connectivity index (χ4v) is 3.19. The molecule has 6 nitrogen and oxygen atoms in total. The van der Waals surface area contributed by atoms with Crippen LogP contribution in [0.1, 0.15) is 29.6 Å². The third kappa shape index (κ3) is 2.66. The van der Waals surface area contributed by atoms with Crippen LogP contribution >= 0.6 is 0 Å². The van der Waals surface area contributed by atoms with Gasteiger partial charge in [-0.3, -0.25) is 9.59 Å². The summed E-state index contributed by atoms with van der Waals surface area (Å²) >= 11 is 0. The Morgan fingerprint density at radius 2 is 2.19 bits per heavy atom. The van der Waals surface area contributed by atoms with Gasteiger partial charge in [-0.2, -0.15) is 0 Å². The Labute approximate surface area is 122 Å². The summed E-state index contributed by atoms with van der Waals surface area (Å²) in [5.41, 5.74) is 6.54. The van der Waals surface area contributed by atoms with E-state index < -0.39 is 0 Å². The van der Waals surface area contributed by atoms with Gasteiger partial charge in [0.15, 0.2) is 0 Å². The van der Waals surface area contributed by atoms with Gasteiger partial charge in [-0.15, -0.1) is 0 Å². The van der Waals surface area contributed by atoms with Crippen molar-refractivity contribution in [3.8, 4) is 5.75 Å². The topological polar surface area (TPSA) is 95.7 Å². The molecule has 6 heteroatoms. The maximum Gasteiger partial charge on any atom is 0.256 e. The van der Waals surface area contributed by atoms with Crippen molar-refractivity contribution in [1.29, 1.82) is 0 Å². The van der Waals surface area contributed by atoms with Crippen LogP contribution in [0.4, 0.5) is 5.69 Å². The molecule has 112 valence electrons. The van der Waals surface area contributed by atoms with Gasteiger partial charge in [0.1, 0.15) is 5.75 Å². The summed E-state index contributed by atoms with van der Waals surface area (Å²) in [5, 5.41) is 12.5. The fourth-order valence-electron chi connectivity index (χ4n) is 3.19. The molecule has 0 bridgehead atoms. The summed E-state index contributed by atoms with van der Waals surface area (Å²) < 4.78 is 0. The summed E-state index contributed by atoms with van der Waals surface area (Å²) in [7, 11) is 0. The maximum atomic E-state index is 12.6. The number of phenols is 1. The number of fused-ring (bicyclic) bond motifs is 1. The largest absolute Gasteiger partial charge is 0.508 e. The number of likely N-dealkylation sites (tertiary alicyclic amines) is 1. The number of hydrogen-bond donors (Lipinski definition) is 3. The molecule has 0 aliphatic carbocycles. The zero-order valence-corrected chi connectivity index (χ0v) is 11.7. The second-order valence-electron chi connectivity index (χ2n) is 5.78. The van der Waals surface area contributed by atoms with E-state index in [9.17, 15) is 14.7 Å². The molecule has 1 aromatic carbocycles. The molecule has 2 heterocycles. The van der Waals surface area contributed by atoms with Gasteiger partial charge in [0, 0.05) is 31.2 Å². The fraction of sp³-hybridized carbons (Fsp3) is 0.467. The van der Waals surface area contributed by atoms with E-state index in [2.05, 4.69) is 5.32 Å². The molecule has 2 atom stereocenters. The smallest absolute Gasteiger partial charge is 0.256 e. The van der Waals surface area contributed by atoms with Crippen LogP contribution in [0.3, 0.4) is 0 Å². The standard InChI is InChI=1S/C15H19N3O3/c16-12-3-2-10(19)7-11(12)15(21)18-6-5-13-9(8-18)1-4-14(20)17-13/h2-3,7,9,13,19H,1,4-6,8,16H2,(H,17,20). The van der Waals surface area contributed by atoms with Gasteiger partial charge in [0.05, 0.1) is 5.56 Å². The first-order valence-corrected chi connectivity index (χ1v) is 7.21. The number of anilines is 1. The Morgan fingerprint density at radius 3 is 3.00 bits per heavy atom. The molecule has 21 heavy (non-hydrogen) atoms. The highest BCUT2D eigenvalue weighted by atomic mass is 16.3. The summed E-state index contributed by atoms with van der Waals surface area (Å²) in [6.45, 7) is 1.22. The SMILES string of the molecule is Nc1ccc(O)cc1C(=O)N1CCC2NC(=O)CCC2C1. The molecule has 2 aliphatic heterocycles. The van der Waals surface area contributed by atoms with Crippen molar-refractivity contribution >= 4 is 17.5 Å². The normalized spacial score (nSPS) is 25.1. The average Bonchev–Trinajstić information content (AvgIpc) is 2.48. The van der Waals surface area contributed by atoms with Crippen LogP contribution in [0.15, 0.2) is 18.2 Å². The number of benzene rings is 1. The third-order valence-corrected chi connectivity index (χ3v) is 4.38. The molecule has 2 aliphatic rings. The van der Waals surface area contributed by atoms with Crippen LogP contribution in [-0.4, -0.2) is 41.0 Å². The minimum atomic E-state index is -0.154. The van der Waals surface area contributed by atoms with Gasteiger partial charge >= 0.3 is 0 Å². The van der Waals surface area contributed by atoms with Crippen molar-refractivity contribution in [3.63, 3.8) is 0 Å². The second-order valence-corrected chi connectivity index (χ2v) is 5.78. The molecular formula is C15H19N3O3. The average molecular weight is 289 g/mol. The maximum absolute atomic E-state index is 12.6. The lowest BCUT2D eigenvalue weighted by atomic mass is 9.85. The zero-order valence-electron chi connectivity index (χ0n) is 11.7. The Balaban J connectivity index is 1.74. The molecule has 2 fully saturated rings. The van der Waals surface area contributed by atoms with Crippen LogP contribution in [-0.2, 0) is 4.79 Å². The number of nitrogens with zero attached hydrogens (tertiary/aromatic N) is 1. The molecular weight excluding hydrogens is 270 g/mol. The zero-order chi connectivity index (χ0) is 15.0. The first-order chi connectivity index (χ1) is 10.0. The molecule has 0 radical (unpaired) electrons. The molecule has 3 rings (SSSR count). The first kappa shape index (κ1) is 13.7. The first-order valence-electron chi connectivity index (χ1n) is 7.21. The Morgan fingerprint density at radius 1 is 1.38 bits per heavy atom. The number of nitrogen functional groups attached to an aromatic ring is 1. The van der Waals surface area contributed by atoms with E-state index in [-0.39, 0.29) is 23.6 Å². The van der Waals surface area contributed by atoms with Gasteiger partial charge in [0.2, 0.25) is 5.91 Å². The highest BCUT2D eigenvalue weighted by Gasteiger charge is 2.35. The second kappa shape index (κ2) is 5.27. The van der Waals surface area contributed by atoms with Crippen LogP contribution in [0, 0.1) is 5.92 Å². The number of amides is 2. The molecule has 2 amide bonds. The van der Waals surface area contributed by atoms with Gasteiger partial charge < -0.3 is 21.1 Å². The monoisotopic (exact) mass is 289 g/mol. The van der Waals surface area contributed by atoms with Gasteiger partial charge in [-0.25, -0.2) is 0 Å². The minimum absolute atomic E-state index is 0.0346. The highest BCUT2D eigenvalue weighted by molar-refractivity contribution is 5.99. The van der Waals surface area contributed by atoms with Crippen LogP contribution < -0.4 is 11.1 Å². The van der Waals surface area contributed by atoms with Crippen LogP contribution in [0.25, 0.3) is 0 Å². The number of rotatable bonds is 1. The predicted molar refractivity (Wildman–Crippen MR) is 77.7 cm³/mol. The van der Waals surface area contributed by atoms with Crippen LogP contribution in [0.5, 0.6) is 5.75 Å². The molecule has 0 aromatic heterocycles. The van der Waals surface area contributed by atoms with Gasteiger partial charge in [0.25, 0.3) is 5.91 Å². The van der Waals surface area contributed by atoms with Crippen molar-refractivity contribution in [2.45, 2.75) is 25.3 Å². The molecule has 0 saturated carbocycles. The summed E-state index contributed by atoms with van der Waals surface area (Å²) in [4.78, 5) is 25.7. The Kier molecular flexibility index (Phi) is 3.45. The Hall–Kier alpha value is -2.24. The lowest BCUT2D eigenvalue weighted by Crippen LogP contribution is -2.55. The van der Waals surface area contributed by atoms with E-state index in [1.807, 2.05) is 0 Å². The van der Waals surface area contributed by atoms with Crippen molar-refractivity contribution < 1.29 is 14.7 Å². The third-order valence-electron chi connectivity index (χ3n) is 4.38. The molecule has 2 saturated heterocycles. The minimum Gasteiger partial charge on any atom is -0.508 e. The van der Waals surface area contributed by atoms with E-state index in [4.69, 9.17) is 5.73 Å². The molecule has 2 unspecified atom stereocenters. The van der Waals surface area contributed by atoms with Crippen molar-refractivity contribution in [2.75, 3.05) is 18.8 Å². The molecule has 4 N–H and O–H groups in total. The number of phenolic OH excluding ortho intramolecular Hbond substituents is 1. The number of hydrogen-bond acceptors (Lipinski definition) is 4. The van der Waals surface area contributed by atoms with E-state index in [1.165, 1.54) is 18.2 Å². The Bertz CT molecular complexity index is 588. The van der Waals surface area contributed by atoms with Crippen molar-refractivity contribution in [3.05, 3.63) is 23.8 Å². The van der Waals surface area contributed by atoms with Crippen LogP contribution in [0.2, 0.25) is 0 Å². The lowest BCUT2D eigenvalue weighted by molar-refractivity contribution is -0.125. The molecule has 1 aromatic rings. The quantitative estimate of drug-likeness (QED) is 0.524. The van der Waals surface area contributed by atoms with Crippen molar-refractivity contribution in [2.24, 2.45) is 5.92 Å². The van der Waals surface area contributed by atoms with Gasteiger partial charge in [-0.1, -0.05) is 0 Å². The number of nitrogens with one attached hydrogen (secondary N) is 1. The number of nitrogens with two attached hydrogens (primary N) is 1. The lowest BCUT2D eigenvalue weighted by Gasteiger charge is -2.41.